The Morgan fingerprint density at radius 3 is 2.76 bits per heavy atom. The van der Waals surface area contributed by atoms with E-state index in [4.69, 9.17) is 16.7 Å². The molecule has 6 heteroatoms. The molecule has 1 aromatic heterocycles. The highest BCUT2D eigenvalue weighted by atomic mass is 35.5. The second-order valence-electron chi connectivity index (χ2n) is 4.32. The Morgan fingerprint density at radius 1 is 1.38 bits per heavy atom. The van der Waals surface area contributed by atoms with Crippen molar-refractivity contribution in [1.29, 1.82) is 0 Å². The van der Waals surface area contributed by atoms with E-state index in [2.05, 4.69) is 9.72 Å². The number of ether oxygens (including phenoxy) is 1. The predicted molar refractivity (Wildman–Crippen MR) is 76.8 cm³/mol. The van der Waals surface area contributed by atoms with Gasteiger partial charge in [0.05, 0.1) is 12.7 Å². The number of aromatic nitrogens is 1. The SMILES string of the molecule is COC(=O)c1ccc(-c2cnc(Cl)cc2CCO)c(F)c1. The molecule has 0 spiro atoms. The molecule has 0 saturated heterocycles. The summed E-state index contributed by atoms with van der Waals surface area (Å²) in [6.45, 7) is -0.0881. The van der Waals surface area contributed by atoms with Crippen LogP contribution in [0.3, 0.4) is 0 Å². The largest absolute Gasteiger partial charge is 0.465 e. The summed E-state index contributed by atoms with van der Waals surface area (Å²) in [6, 6.07) is 5.65. The maximum Gasteiger partial charge on any atom is 0.337 e. The van der Waals surface area contributed by atoms with Gasteiger partial charge in [-0.3, -0.25) is 0 Å². The van der Waals surface area contributed by atoms with Crippen LogP contribution >= 0.6 is 11.6 Å². The number of aliphatic hydroxyl groups is 1. The van der Waals surface area contributed by atoms with E-state index in [9.17, 15) is 9.18 Å². The minimum Gasteiger partial charge on any atom is -0.465 e. The van der Waals surface area contributed by atoms with E-state index in [-0.39, 0.29) is 22.9 Å². The number of nitrogens with zero attached hydrogens (tertiary/aromatic N) is 1. The summed E-state index contributed by atoms with van der Waals surface area (Å²) in [6.07, 6.45) is 1.78. The Balaban J connectivity index is 2.49. The molecule has 0 aliphatic rings. The number of hydrogen-bond acceptors (Lipinski definition) is 4. The van der Waals surface area contributed by atoms with Gasteiger partial charge >= 0.3 is 5.97 Å². The smallest absolute Gasteiger partial charge is 0.337 e. The molecule has 0 radical (unpaired) electrons. The number of pyridine rings is 1. The maximum absolute atomic E-state index is 14.2. The molecular weight excluding hydrogens is 297 g/mol. The van der Waals surface area contributed by atoms with Gasteiger partial charge in [0.1, 0.15) is 11.0 Å². The molecule has 2 rings (SSSR count). The highest BCUT2D eigenvalue weighted by Crippen LogP contribution is 2.28. The van der Waals surface area contributed by atoms with Gasteiger partial charge in [-0.15, -0.1) is 0 Å². The van der Waals surface area contributed by atoms with E-state index in [0.29, 0.717) is 17.5 Å². The lowest BCUT2D eigenvalue weighted by molar-refractivity contribution is 0.0600. The maximum atomic E-state index is 14.2. The van der Waals surface area contributed by atoms with Gasteiger partial charge in [-0.25, -0.2) is 14.2 Å². The molecule has 110 valence electrons. The summed E-state index contributed by atoms with van der Waals surface area (Å²) in [7, 11) is 1.23. The standard InChI is InChI=1S/C15H13ClFNO3/c1-21-15(20)10-2-3-11(13(17)6-10)12-8-18-14(16)7-9(12)4-5-19/h2-3,6-8,19H,4-5H2,1H3. The van der Waals surface area contributed by atoms with Crippen molar-refractivity contribution >= 4 is 17.6 Å². The predicted octanol–water partition coefficient (Wildman–Crippen LogP) is 2.86. The lowest BCUT2D eigenvalue weighted by Crippen LogP contribution is -2.03. The van der Waals surface area contributed by atoms with Crippen molar-refractivity contribution in [2.24, 2.45) is 0 Å². The fourth-order valence-electron chi connectivity index (χ4n) is 2.02. The van der Waals surface area contributed by atoms with Gasteiger partial charge in [-0.2, -0.15) is 0 Å². The zero-order chi connectivity index (χ0) is 15.4. The van der Waals surface area contributed by atoms with Crippen LogP contribution in [0.4, 0.5) is 4.39 Å². The zero-order valence-electron chi connectivity index (χ0n) is 11.3. The molecule has 0 amide bonds. The van der Waals surface area contributed by atoms with E-state index >= 15 is 0 Å². The zero-order valence-corrected chi connectivity index (χ0v) is 12.0. The summed E-state index contributed by atoms with van der Waals surface area (Å²) in [5.74, 6) is -1.17. The average Bonchev–Trinajstić information content (AvgIpc) is 2.47. The number of methoxy groups -OCH3 is 1. The fraction of sp³-hybridized carbons (Fsp3) is 0.200. The monoisotopic (exact) mass is 309 g/mol. The van der Waals surface area contributed by atoms with Crippen LogP contribution in [0.2, 0.25) is 5.15 Å². The van der Waals surface area contributed by atoms with Crippen LogP contribution < -0.4 is 0 Å². The van der Waals surface area contributed by atoms with Gasteiger partial charge < -0.3 is 9.84 Å². The fourth-order valence-corrected chi connectivity index (χ4v) is 2.20. The molecular formula is C15H13ClFNO3. The van der Waals surface area contributed by atoms with Gasteiger partial charge in [0.15, 0.2) is 0 Å². The third-order valence-electron chi connectivity index (χ3n) is 3.02. The quantitative estimate of drug-likeness (QED) is 0.697. The van der Waals surface area contributed by atoms with Crippen molar-refractivity contribution in [3.8, 4) is 11.1 Å². The molecule has 0 saturated carbocycles. The molecule has 1 aromatic carbocycles. The molecule has 0 fully saturated rings. The number of aliphatic hydroxyl groups excluding tert-OH is 1. The van der Waals surface area contributed by atoms with Gasteiger partial charge in [0.25, 0.3) is 0 Å². The third-order valence-corrected chi connectivity index (χ3v) is 3.22. The second-order valence-corrected chi connectivity index (χ2v) is 4.71. The summed E-state index contributed by atoms with van der Waals surface area (Å²) >= 11 is 5.82. The first-order chi connectivity index (χ1) is 10.1. The van der Waals surface area contributed by atoms with Crippen molar-refractivity contribution in [3.63, 3.8) is 0 Å². The van der Waals surface area contributed by atoms with Crippen molar-refractivity contribution < 1.29 is 19.0 Å². The minimum atomic E-state index is -0.606. The second kappa shape index (κ2) is 6.65. The lowest BCUT2D eigenvalue weighted by Gasteiger charge is -2.10. The van der Waals surface area contributed by atoms with Gasteiger partial charge in [-0.05, 0) is 30.2 Å². The van der Waals surface area contributed by atoms with Crippen LogP contribution in [0.15, 0.2) is 30.5 Å². The number of carbonyl (C=O) groups excluding carboxylic acids is 1. The highest BCUT2D eigenvalue weighted by molar-refractivity contribution is 6.29. The molecule has 1 N–H and O–H groups in total. The number of hydrogen-bond donors (Lipinski definition) is 1. The minimum absolute atomic E-state index is 0.0881. The van der Waals surface area contributed by atoms with E-state index in [1.165, 1.54) is 25.4 Å². The summed E-state index contributed by atoms with van der Waals surface area (Å²) in [5.41, 5.74) is 1.63. The lowest BCUT2D eigenvalue weighted by atomic mass is 9.98. The Labute approximate surface area is 126 Å². The molecule has 4 nitrogen and oxygen atoms in total. The van der Waals surface area contributed by atoms with Crippen molar-refractivity contribution in [3.05, 3.63) is 52.6 Å². The van der Waals surface area contributed by atoms with Crippen LogP contribution in [0.5, 0.6) is 0 Å². The molecule has 1 heterocycles. The number of carbonyl (C=O) groups is 1. The summed E-state index contributed by atoms with van der Waals surface area (Å²) < 4.78 is 18.8. The van der Waals surface area contributed by atoms with E-state index in [1.54, 1.807) is 6.07 Å². The van der Waals surface area contributed by atoms with Gasteiger partial charge in [-0.1, -0.05) is 17.7 Å². The summed E-state index contributed by atoms with van der Waals surface area (Å²) in [5, 5.41) is 9.35. The molecule has 0 aliphatic heterocycles. The van der Waals surface area contributed by atoms with Gasteiger partial charge in [0, 0.05) is 23.9 Å². The molecule has 0 atom stereocenters. The third kappa shape index (κ3) is 3.37. The molecule has 0 bridgehead atoms. The van der Waals surface area contributed by atoms with E-state index in [1.807, 2.05) is 0 Å². The average molecular weight is 310 g/mol. The molecule has 0 unspecified atom stereocenters. The van der Waals surface area contributed by atoms with E-state index < -0.39 is 11.8 Å². The first-order valence-electron chi connectivity index (χ1n) is 6.20. The van der Waals surface area contributed by atoms with Crippen LogP contribution in [-0.2, 0) is 11.2 Å². The molecule has 0 aliphatic carbocycles. The van der Waals surface area contributed by atoms with Gasteiger partial charge in [0.2, 0.25) is 0 Å². The van der Waals surface area contributed by atoms with Crippen LogP contribution in [0, 0.1) is 5.82 Å². The van der Waals surface area contributed by atoms with Crippen LogP contribution in [0.1, 0.15) is 15.9 Å². The van der Waals surface area contributed by atoms with Crippen LogP contribution in [0.25, 0.3) is 11.1 Å². The summed E-state index contributed by atoms with van der Waals surface area (Å²) in [4.78, 5) is 15.3. The first-order valence-corrected chi connectivity index (χ1v) is 6.58. The highest BCUT2D eigenvalue weighted by Gasteiger charge is 2.14. The number of esters is 1. The van der Waals surface area contributed by atoms with Crippen LogP contribution in [-0.4, -0.2) is 29.8 Å². The normalized spacial score (nSPS) is 10.5. The number of halogens is 2. The van der Waals surface area contributed by atoms with Crippen molar-refractivity contribution in [2.45, 2.75) is 6.42 Å². The van der Waals surface area contributed by atoms with E-state index in [0.717, 1.165) is 6.07 Å². The molecule has 21 heavy (non-hydrogen) atoms. The topological polar surface area (TPSA) is 59.4 Å². The Morgan fingerprint density at radius 2 is 2.14 bits per heavy atom. The Hall–Kier alpha value is -1.98. The Kier molecular flexibility index (Phi) is 4.88. The van der Waals surface area contributed by atoms with Crippen molar-refractivity contribution in [1.82, 2.24) is 4.98 Å². The van der Waals surface area contributed by atoms with Crippen molar-refractivity contribution in [2.75, 3.05) is 13.7 Å². The Bertz CT molecular complexity index is 676. The number of rotatable bonds is 4. The molecule has 2 aromatic rings. The first kappa shape index (κ1) is 15.4. The number of benzene rings is 1.